The maximum Gasteiger partial charge on any atom is 0.125 e. The molecule has 0 saturated carbocycles. The summed E-state index contributed by atoms with van der Waals surface area (Å²) in [7, 11) is 1.56. The van der Waals surface area contributed by atoms with Crippen LogP contribution in [0.15, 0.2) is 12.1 Å². The lowest BCUT2D eigenvalue weighted by Crippen LogP contribution is -2.05. The van der Waals surface area contributed by atoms with Crippen LogP contribution < -0.4 is 9.47 Å². The van der Waals surface area contributed by atoms with Crippen molar-refractivity contribution in [1.29, 1.82) is 5.26 Å². The molecule has 1 heterocycles. The van der Waals surface area contributed by atoms with Gasteiger partial charge in [0.25, 0.3) is 0 Å². The van der Waals surface area contributed by atoms with E-state index in [-0.39, 0.29) is 12.5 Å². The minimum absolute atomic E-state index is 0.0463. The first-order valence-corrected chi connectivity index (χ1v) is 5.58. The van der Waals surface area contributed by atoms with Crippen molar-refractivity contribution in [2.45, 2.75) is 32.0 Å². The van der Waals surface area contributed by atoms with Crippen molar-refractivity contribution < 1.29 is 14.6 Å². The predicted octanol–water partition coefficient (Wildman–Crippen LogP) is 1.97. The first-order valence-electron chi connectivity index (χ1n) is 5.58. The lowest BCUT2D eigenvalue weighted by atomic mass is 10.0. The SMILES string of the molecule is COc1cc2c(cc1C(O)CC#N)OC(C)C2. The van der Waals surface area contributed by atoms with Gasteiger partial charge < -0.3 is 14.6 Å². The molecule has 0 aliphatic carbocycles. The first-order chi connectivity index (χ1) is 8.15. The Labute approximate surface area is 100 Å². The summed E-state index contributed by atoms with van der Waals surface area (Å²) in [6.07, 6.45) is 0.211. The Morgan fingerprint density at radius 2 is 2.41 bits per heavy atom. The van der Waals surface area contributed by atoms with Crippen LogP contribution in [0.4, 0.5) is 0 Å². The van der Waals surface area contributed by atoms with Gasteiger partial charge in [0.2, 0.25) is 0 Å². The molecule has 0 radical (unpaired) electrons. The average molecular weight is 233 g/mol. The van der Waals surface area contributed by atoms with Gasteiger partial charge in [0.1, 0.15) is 17.6 Å². The molecule has 0 bridgehead atoms. The van der Waals surface area contributed by atoms with E-state index in [4.69, 9.17) is 14.7 Å². The van der Waals surface area contributed by atoms with E-state index in [2.05, 4.69) is 0 Å². The summed E-state index contributed by atoms with van der Waals surface area (Å²) >= 11 is 0. The highest BCUT2D eigenvalue weighted by Gasteiger charge is 2.23. The molecular weight excluding hydrogens is 218 g/mol. The van der Waals surface area contributed by atoms with Crippen LogP contribution in [0.25, 0.3) is 0 Å². The number of aliphatic hydroxyl groups is 1. The van der Waals surface area contributed by atoms with Crippen molar-refractivity contribution >= 4 is 0 Å². The van der Waals surface area contributed by atoms with Crippen molar-refractivity contribution in [2.75, 3.05) is 7.11 Å². The highest BCUT2D eigenvalue weighted by molar-refractivity contribution is 5.49. The second kappa shape index (κ2) is 4.64. The van der Waals surface area contributed by atoms with E-state index in [0.717, 1.165) is 17.7 Å². The Balaban J connectivity index is 2.39. The Kier molecular flexibility index (Phi) is 3.21. The quantitative estimate of drug-likeness (QED) is 0.866. The van der Waals surface area contributed by atoms with Crippen molar-refractivity contribution in [3.8, 4) is 17.6 Å². The number of nitriles is 1. The number of methoxy groups -OCH3 is 1. The molecule has 0 saturated heterocycles. The zero-order valence-electron chi connectivity index (χ0n) is 9.93. The second-order valence-corrected chi connectivity index (χ2v) is 4.21. The van der Waals surface area contributed by atoms with Gasteiger partial charge in [-0.2, -0.15) is 5.26 Å². The molecular formula is C13H15NO3. The molecule has 2 rings (SSSR count). The molecule has 1 aliphatic heterocycles. The number of nitrogens with zero attached hydrogens (tertiary/aromatic N) is 1. The monoisotopic (exact) mass is 233 g/mol. The van der Waals surface area contributed by atoms with Crippen molar-refractivity contribution in [3.63, 3.8) is 0 Å². The Hall–Kier alpha value is -1.73. The fourth-order valence-electron chi connectivity index (χ4n) is 2.09. The van der Waals surface area contributed by atoms with Crippen LogP contribution in [-0.2, 0) is 6.42 Å². The molecule has 4 nitrogen and oxygen atoms in total. The Bertz CT molecular complexity index is 464. The Morgan fingerprint density at radius 3 is 3.06 bits per heavy atom. The summed E-state index contributed by atoms with van der Waals surface area (Å²) in [6.45, 7) is 2.00. The predicted molar refractivity (Wildman–Crippen MR) is 62.0 cm³/mol. The van der Waals surface area contributed by atoms with Crippen LogP contribution in [0.1, 0.15) is 30.6 Å². The van der Waals surface area contributed by atoms with Gasteiger partial charge in [0.15, 0.2) is 0 Å². The van der Waals surface area contributed by atoms with E-state index in [1.54, 1.807) is 13.2 Å². The smallest absolute Gasteiger partial charge is 0.125 e. The lowest BCUT2D eigenvalue weighted by molar-refractivity contribution is 0.178. The van der Waals surface area contributed by atoms with Gasteiger partial charge in [-0.15, -0.1) is 0 Å². The highest BCUT2D eigenvalue weighted by atomic mass is 16.5. The maximum atomic E-state index is 9.87. The molecule has 1 N–H and O–H groups in total. The number of aliphatic hydroxyl groups excluding tert-OH is 1. The molecule has 17 heavy (non-hydrogen) atoms. The number of ether oxygens (including phenoxy) is 2. The lowest BCUT2D eigenvalue weighted by Gasteiger charge is -2.14. The van der Waals surface area contributed by atoms with Gasteiger partial charge in [-0.1, -0.05) is 0 Å². The van der Waals surface area contributed by atoms with Crippen LogP contribution in [0.3, 0.4) is 0 Å². The molecule has 0 aromatic heterocycles. The van der Waals surface area contributed by atoms with Gasteiger partial charge in [-0.05, 0) is 19.1 Å². The first kappa shape index (κ1) is 11.7. The van der Waals surface area contributed by atoms with Crippen molar-refractivity contribution in [1.82, 2.24) is 0 Å². The highest BCUT2D eigenvalue weighted by Crippen LogP contribution is 2.38. The van der Waals surface area contributed by atoms with Crippen LogP contribution in [-0.4, -0.2) is 18.3 Å². The van der Waals surface area contributed by atoms with E-state index in [1.807, 2.05) is 19.1 Å². The topological polar surface area (TPSA) is 62.5 Å². The fraction of sp³-hybridized carbons (Fsp3) is 0.462. The van der Waals surface area contributed by atoms with Crippen LogP contribution in [0.2, 0.25) is 0 Å². The van der Waals surface area contributed by atoms with E-state index >= 15 is 0 Å². The average Bonchev–Trinajstić information content (AvgIpc) is 2.66. The molecule has 2 unspecified atom stereocenters. The van der Waals surface area contributed by atoms with E-state index < -0.39 is 6.10 Å². The summed E-state index contributed by atoms with van der Waals surface area (Å²) in [5.41, 5.74) is 1.70. The van der Waals surface area contributed by atoms with Crippen LogP contribution >= 0.6 is 0 Å². The summed E-state index contributed by atoms with van der Waals surface area (Å²) in [4.78, 5) is 0. The van der Waals surface area contributed by atoms with Gasteiger partial charge in [0, 0.05) is 17.5 Å². The maximum absolute atomic E-state index is 9.87. The number of hydrogen-bond donors (Lipinski definition) is 1. The zero-order chi connectivity index (χ0) is 12.4. The molecule has 2 atom stereocenters. The minimum atomic E-state index is -0.834. The van der Waals surface area contributed by atoms with Crippen molar-refractivity contribution in [3.05, 3.63) is 23.3 Å². The summed E-state index contributed by atoms with van der Waals surface area (Å²) in [6, 6.07) is 5.61. The summed E-state index contributed by atoms with van der Waals surface area (Å²) < 4.78 is 10.9. The molecule has 90 valence electrons. The minimum Gasteiger partial charge on any atom is -0.496 e. The van der Waals surface area contributed by atoms with Crippen molar-refractivity contribution in [2.24, 2.45) is 0 Å². The number of fused-ring (bicyclic) bond motifs is 1. The molecule has 1 aliphatic rings. The van der Waals surface area contributed by atoms with E-state index in [0.29, 0.717) is 11.3 Å². The van der Waals surface area contributed by atoms with E-state index in [1.165, 1.54) is 0 Å². The van der Waals surface area contributed by atoms with Gasteiger partial charge in [-0.3, -0.25) is 0 Å². The van der Waals surface area contributed by atoms with Crippen LogP contribution in [0, 0.1) is 11.3 Å². The third kappa shape index (κ3) is 2.20. The third-order valence-corrected chi connectivity index (χ3v) is 2.89. The third-order valence-electron chi connectivity index (χ3n) is 2.89. The van der Waals surface area contributed by atoms with Gasteiger partial charge in [0.05, 0.1) is 25.7 Å². The molecule has 0 spiro atoms. The van der Waals surface area contributed by atoms with Gasteiger partial charge >= 0.3 is 0 Å². The number of hydrogen-bond acceptors (Lipinski definition) is 4. The zero-order valence-corrected chi connectivity index (χ0v) is 9.93. The summed E-state index contributed by atoms with van der Waals surface area (Å²) in [5, 5.41) is 18.5. The fourth-order valence-corrected chi connectivity index (χ4v) is 2.09. The van der Waals surface area contributed by atoms with E-state index in [9.17, 15) is 5.11 Å². The number of rotatable bonds is 3. The Morgan fingerprint density at radius 1 is 1.65 bits per heavy atom. The molecule has 0 amide bonds. The summed E-state index contributed by atoms with van der Waals surface area (Å²) in [5.74, 6) is 1.40. The molecule has 0 fully saturated rings. The van der Waals surface area contributed by atoms with Gasteiger partial charge in [-0.25, -0.2) is 0 Å². The standard InChI is InChI=1S/C13H15NO3/c1-8-5-9-6-13(16-2)10(7-12(9)17-8)11(15)3-4-14/h6-8,11,15H,3,5H2,1-2H3. The second-order valence-electron chi connectivity index (χ2n) is 4.21. The molecule has 1 aromatic rings. The molecule has 4 heteroatoms. The largest absolute Gasteiger partial charge is 0.496 e. The molecule has 1 aromatic carbocycles. The van der Waals surface area contributed by atoms with Crippen LogP contribution in [0.5, 0.6) is 11.5 Å². The number of benzene rings is 1. The normalized spacial score (nSPS) is 19.1.